The van der Waals surface area contributed by atoms with Gasteiger partial charge in [0, 0.05) is 11.3 Å². The van der Waals surface area contributed by atoms with Crippen LogP contribution in [0.4, 0.5) is 5.82 Å². The molecule has 1 aromatic carbocycles. The fourth-order valence-electron chi connectivity index (χ4n) is 1.68. The highest BCUT2D eigenvalue weighted by atomic mass is 35.5. The molecule has 4 heteroatoms. The number of anilines is 1. The van der Waals surface area contributed by atoms with Crippen molar-refractivity contribution in [2.24, 2.45) is 0 Å². The molecule has 1 heterocycles. The Balaban J connectivity index is 2.32. The molecule has 1 aromatic heterocycles. The Kier molecular flexibility index (Phi) is 1.83. The zero-order valence-corrected chi connectivity index (χ0v) is 8.83. The van der Waals surface area contributed by atoms with E-state index in [4.69, 9.17) is 17.3 Å². The number of para-hydroxylation sites is 1. The quantitative estimate of drug-likeness (QED) is 0.803. The van der Waals surface area contributed by atoms with Crippen molar-refractivity contribution in [1.82, 2.24) is 9.97 Å². The van der Waals surface area contributed by atoms with Gasteiger partial charge in [0.2, 0.25) is 0 Å². The predicted molar refractivity (Wildman–Crippen MR) is 60.9 cm³/mol. The van der Waals surface area contributed by atoms with Gasteiger partial charge in [-0.2, -0.15) is 0 Å². The average Bonchev–Trinajstić information content (AvgIpc) is 3.02. The predicted octanol–water partition coefficient (Wildman–Crippen LogP) is 2.74. The van der Waals surface area contributed by atoms with E-state index in [-0.39, 0.29) is 0 Å². The van der Waals surface area contributed by atoms with Crippen LogP contribution in [-0.2, 0) is 0 Å². The lowest BCUT2D eigenvalue weighted by atomic mass is 10.2. The standard InChI is InChI=1S/C11H10ClN3/c12-8-3-1-2-7-9(8)14-11(6-4-5-6)15-10(7)13/h1-3,6H,4-5H2,(H2,13,14,15). The van der Waals surface area contributed by atoms with Crippen LogP contribution < -0.4 is 5.73 Å². The van der Waals surface area contributed by atoms with Crippen molar-refractivity contribution in [1.29, 1.82) is 0 Å². The third-order valence-corrected chi connectivity index (χ3v) is 2.97. The number of nitrogens with zero attached hydrogens (tertiary/aromatic N) is 2. The molecule has 1 fully saturated rings. The van der Waals surface area contributed by atoms with Crippen LogP contribution in [0.3, 0.4) is 0 Å². The summed E-state index contributed by atoms with van der Waals surface area (Å²) in [6.45, 7) is 0. The maximum absolute atomic E-state index is 6.08. The minimum absolute atomic E-state index is 0.493. The van der Waals surface area contributed by atoms with Crippen molar-refractivity contribution in [3.8, 4) is 0 Å². The molecule has 0 aliphatic heterocycles. The van der Waals surface area contributed by atoms with Crippen LogP contribution in [0.1, 0.15) is 24.6 Å². The summed E-state index contributed by atoms with van der Waals surface area (Å²) in [4.78, 5) is 8.79. The van der Waals surface area contributed by atoms with E-state index in [0.717, 1.165) is 29.6 Å². The van der Waals surface area contributed by atoms with E-state index in [2.05, 4.69) is 9.97 Å². The minimum Gasteiger partial charge on any atom is -0.383 e. The molecule has 15 heavy (non-hydrogen) atoms. The highest BCUT2D eigenvalue weighted by Gasteiger charge is 2.27. The van der Waals surface area contributed by atoms with Gasteiger partial charge < -0.3 is 5.73 Å². The number of hydrogen-bond donors (Lipinski definition) is 1. The van der Waals surface area contributed by atoms with Gasteiger partial charge in [0.25, 0.3) is 0 Å². The molecule has 2 aromatic rings. The van der Waals surface area contributed by atoms with Crippen LogP contribution >= 0.6 is 11.6 Å². The lowest BCUT2D eigenvalue weighted by Gasteiger charge is -2.05. The molecule has 2 N–H and O–H groups in total. The first-order valence-corrected chi connectivity index (χ1v) is 5.35. The van der Waals surface area contributed by atoms with Gasteiger partial charge in [-0.05, 0) is 25.0 Å². The summed E-state index contributed by atoms with van der Waals surface area (Å²) in [6.07, 6.45) is 2.32. The Labute approximate surface area is 92.3 Å². The largest absolute Gasteiger partial charge is 0.383 e. The maximum Gasteiger partial charge on any atom is 0.135 e. The average molecular weight is 220 g/mol. The zero-order valence-electron chi connectivity index (χ0n) is 8.07. The maximum atomic E-state index is 6.08. The summed E-state index contributed by atoms with van der Waals surface area (Å²) in [6, 6.07) is 5.58. The Morgan fingerprint density at radius 3 is 2.80 bits per heavy atom. The first-order chi connectivity index (χ1) is 7.25. The second-order valence-electron chi connectivity index (χ2n) is 3.88. The van der Waals surface area contributed by atoms with Crippen molar-refractivity contribution in [3.63, 3.8) is 0 Å². The number of nitrogen functional groups attached to an aromatic ring is 1. The number of benzene rings is 1. The first kappa shape index (κ1) is 8.92. The molecular weight excluding hydrogens is 210 g/mol. The third-order valence-electron chi connectivity index (χ3n) is 2.67. The van der Waals surface area contributed by atoms with Crippen molar-refractivity contribution in [2.75, 3.05) is 5.73 Å². The van der Waals surface area contributed by atoms with Crippen LogP contribution in [0.15, 0.2) is 18.2 Å². The number of fused-ring (bicyclic) bond motifs is 1. The molecule has 1 aliphatic carbocycles. The molecule has 0 unspecified atom stereocenters. The van der Waals surface area contributed by atoms with E-state index in [1.54, 1.807) is 0 Å². The summed E-state index contributed by atoms with van der Waals surface area (Å²) < 4.78 is 0. The molecule has 0 radical (unpaired) electrons. The van der Waals surface area contributed by atoms with Gasteiger partial charge in [-0.25, -0.2) is 9.97 Å². The van der Waals surface area contributed by atoms with Gasteiger partial charge >= 0.3 is 0 Å². The highest BCUT2D eigenvalue weighted by Crippen LogP contribution is 2.39. The van der Waals surface area contributed by atoms with Gasteiger partial charge in [-0.15, -0.1) is 0 Å². The molecule has 0 bridgehead atoms. The molecule has 76 valence electrons. The zero-order chi connectivity index (χ0) is 10.4. The van der Waals surface area contributed by atoms with Crippen LogP contribution in [0.5, 0.6) is 0 Å². The van der Waals surface area contributed by atoms with E-state index in [0.29, 0.717) is 16.8 Å². The SMILES string of the molecule is Nc1nc(C2CC2)nc2c(Cl)cccc12. The van der Waals surface area contributed by atoms with E-state index in [1.165, 1.54) is 0 Å². The molecule has 0 spiro atoms. The minimum atomic E-state index is 0.493. The van der Waals surface area contributed by atoms with E-state index in [9.17, 15) is 0 Å². The molecule has 0 atom stereocenters. The van der Waals surface area contributed by atoms with Crippen molar-refractivity contribution in [2.45, 2.75) is 18.8 Å². The number of rotatable bonds is 1. The number of hydrogen-bond acceptors (Lipinski definition) is 3. The Morgan fingerprint density at radius 1 is 1.27 bits per heavy atom. The lowest BCUT2D eigenvalue weighted by Crippen LogP contribution is -1.99. The number of aromatic nitrogens is 2. The van der Waals surface area contributed by atoms with Gasteiger partial charge in [0.15, 0.2) is 0 Å². The van der Waals surface area contributed by atoms with Crippen molar-refractivity contribution < 1.29 is 0 Å². The van der Waals surface area contributed by atoms with E-state index in [1.807, 2.05) is 18.2 Å². The highest BCUT2D eigenvalue weighted by molar-refractivity contribution is 6.35. The molecular formula is C11H10ClN3. The second kappa shape index (κ2) is 3.07. The van der Waals surface area contributed by atoms with Gasteiger partial charge in [-0.1, -0.05) is 17.7 Å². The lowest BCUT2D eigenvalue weighted by molar-refractivity contribution is 0.952. The molecule has 1 saturated carbocycles. The topological polar surface area (TPSA) is 51.8 Å². The van der Waals surface area contributed by atoms with Gasteiger partial charge in [-0.3, -0.25) is 0 Å². The number of halogens is 1. The smallest absolute Gasteiger partial charge is 0.135 e. The molecule has 3 rings (SSSR count). The molecule has 1 aliphatic rings. The fraction of sp³-hybridized carbons (Fsp3) is 0.273. The summed E-state index contributed by atoms with van der Waals surface area (Å²) in [5.41, 5.74) is 6.65. The summed E-state index contributed by atoms with van der Waals surface area (Å²) in [5, 5.41) is 1.48. The Bertz CT molecular complexity index is 535. The first-order valence-electron chi connectivity index (χ1n) is 4.97. The van der Waals surface area contributed by atoms with Crippen LogP contribution in [0.25, 0.3) is 10.9 Å². The monoisotopic (exact) mass is 219 g/mol. The van der Waals surface area contributed by atoms with E-state index < -0.39 is 0 Å². The van der Waals surface area contributed by atoms with Crippen molar-refractivity contribution in [3.05, 3.63) is 29.0 Å². The van der Waals surface area contributed by atoms with Crippen molar-refractivity contribution >= 4 is 28.3 Å². The molecule has 0 saturated heterocycles. The normalized spacial score (nSPS) is 15.8. The van der Waals surface area contributed by atoms with E-state index >= 15 is 0 Å². The number of nitrogens with two attached hydrogens (primary N) is 1. The second-order valence-corrected chi connectivity index (χ2v) is 4.28. The summed E-state index contributed by atoms with van der Waals surface area (Å²) >= 11 is 6.08. The Morgan fingerprint density at radius 2 is 2.07 bits per heavy atom. The Hall–Kier alpha value is -1.35. The fourth-order valence-corrected chi connectivity index (χ4v) is 1.90. The van der Waals surface area contributed by atoms with Crippen LogP contribution in [-0.4, -0.2) is 9.97 Å². The van der Waals surface area contributed by atoms with Crippen LogP contribution in [0.2, 0.25) is 5.02 Å². The molecule has 0 amide bonds. The summed E-state index contributed by atoms with van der Waals surface area (Å²) in [7, 11) is 0. The van der Waals surface area contributed by atoms with Gasteiger partial charge in [0.1, 0.15) is 11.6 Å². The summed E-state index contributed by atoms with van der Waals surface area (Å²) in [5.74, 6) is 1.87. The third kappa shape index (κ3) is 1.43. The van der Waals surface area contributed by atoms with Crippen LogP contribution in [0, 0.1) is 0 Å². The van der Waals surface area contributed by atoms with Gasteiger partial charge in [0.05, 0.1) is 10.5 Å². The molecule has 3 nitrogen and oxygen atoms in total.